The lowest BCUT2D eigenvalue weighted by molar-refractivity contribution is -0.149. The lowest BCUT2D eigenvalue weighted by Gasteiger charge is -2.27. The Morgan fingerprint density at radius 1 is 1.21 bits per heavy atom. The number of nitrogens with one attached hydrogen (secondary N) is 1. The highest BCUT2D eigenvalue weighted by Gasteiger charge is 2.35. The Morgan fingerprint density at radius 2 is 1.84 bits per heavy atom. The van der Waals surface area contributed by atoms with Crippen LogP contribution < -0.4 is 5.32 Å². The van der Waals surface area contributed by atoms with E-state index in [2.05, 4.69) is 5.32 Å². The molecule has 0 aromatic rings. The van der Waals surface area contributed by atoms with E-state index in [1.165, 1.54) is 0 Å². The van der Waals surface area contributed by atoms with E-state index in [0.29, 0.717) is 19.4 Å². The van der Waals surface area contributed by atoms with Crippen molar-refractivity contribution in [3.63, 3.8) is 0 Å². The molecule has 1 saturated carbocycles. The number of carboxylic acid groups (broad SMARTS) is 1. The summed E-state index contributed by atoms with van der Waals surface area (Å²) in [5, 5.41) is 11.7. The molecule has 2 atom stereocenters. The minimum absolute atomic E-state index is 0.115. The summed E-state index contributed by atoms with van der Waals surface area (Å²) in [7, 11) is 0. The molecule has 0 spiro atoms. The molecule has 6 heteroatoms. The van der Waals surface area contributed by atoms with Crippen LogP contribution in [-0.2, 0) is 19.1 Å². The van der Waals surface area contributed by atoms with Crippen LogP contribution in [0.5, 0.6) is 0 Å². The van der Waals surface area contributed by atoms with E-state index in [1.807, 2.05) is 0 Å². The van der Waals surface area contributed by atoms with Crippen LogP contribution in [0.2, 0.25) is 0 Å². The molecule has 0 radical (unpaired) electrons. The summed E-state index contributed by atoms with van der Waals surface area (Å²) in [5.74, 6) is -2.62. The number of rotatable bonds is 6. The number of carboxylic acids is 1. The number of hydrogen-bond donors (Lipinski definition) is 2. The van der Waals surface area contributed by atoms with Gasteiger partial charge in [-0.15, -0.1) is 0 Å². The van der Waals surface area contributed by atoms with Crippen molar-refractivity contribution in [2.45, 2.75) is 39.0 Å². The van der Waals surface area contributed by atoms with Crippen molar-refractivity contribution in [1.82, 2.24) is 5.32 Å². The fourth-order valence-corrected chi connectivity index (χ4v) is 2.39. The Kier molecular flexibility index (Phi) is 6.32. The molecule has 0 aliphatic heterocycles. The number of ether oxygens (including phenoxy) is 1. The highest BCUT2D eigenvalue weighted by molar-refractivity contribution is 5.85. The summed E-state index contributed by atoms with van der Waals surface area (Å²) in [6, 6.07) is 0. The van der Waals surface area contributed by atoms with Crippen molar-refractivity contribution in [1.29, 1.82) is 0 Å². The SMILES string of the molecule is CCOC(=O)CCNC(=O)C1CCCCC1C(=O)O. The quantitative estimate of drug-likeness (QED) is 0.701. The van der Waals surface area contributed by atoms with Crippen LogP contribution in [0, 0.1) is 11.8 Å². The fraction of sp³-hybridized carbons (Fsp3) is 0.769. The van der Waals surface area contributed by atoms with Gasteiger partial charge in [0.05, 0.1) is 24.9 Å². The molecule has 1 amide bonds. The van der Waals surface area contributed by atoms with Gasteiger partial charge in [-0.05, 0) is 19.8 Å². The summed E-state index contributed by atoms with van der Waals surface area (Å²) < 4.78 is 4.74. The van der Waals surface area contributed by atoms with Crippen molar-refractivity contribution >= 4 is 17.8 Å². The van der Waals surface area contributed by atoms with Crippen molar-refractivity contribution in [2.75, 3.05) is 13.2 Å². The lowest BCUT2D eigenvalue weighted by Crippen LogP contribution is -2.40. The number of esters is 1. The zero-order valence-corrected chi connectivity index (χ0v) is 11.2. The molecule has 2 unspecified atom stereocenters. The largest absolute Gasteiger partial charge is 0.481 e. The van der Waals surface area contributed by atoms with Gasteiger partial charge in [-0.25, -0.2) is 0 Å². The second-order valence-electron chi connectivity index (χ2n) is 4.68. The third-order valence-corrected chi connectivity index (χ3v) is 3.35. The van der Waals surface area contributed by atoms with Gasteiger partial charge >= 0.3 is 11.9 Å². The van der Waals surface area contributed by atoms with Crippen LogP contribution in [0.25, 0.3) is 0 Å². The van der Waals surface area contributed by atoms with E-state index in [9.17, 15) is 14.4 Å². The van der Waals surface area contributed by atoms with Gasteiger partial charge in [0, 0.05) is 6.54 Å². The standard InChI is InChI=1S/C13H21NO5/c1-2-19-11(15)7-8-14-12(16)9-5-3-4-6-10(9)13(17)18/h9-10H,2-8H2,1H3,(H,14,16)(H,17,18). The molecule has 1 aliphatic rings. The van der Waals surface area contributed by atoms with Gasteiger partial charge in [-0.3, -0.25) is 14.4 Å². The van der Waals surface area contributed by atoms with E-state index < -0.39 is 17.8 Å². The van der Waals surface area contributed by atoms with Crippen LogP contribution in [0.3, 0.4) is 0 Å². The molecule has 108 valence electrons. The lowest BCUT2D eigenvalue weighted by atomic mass is 9.79. The van der Waals surface area contributed by atoms with Gasteiger partial charge < -0.3 is 15.2 Å². The molecule has 0 saturated heterocycles. The summed E-state index contributed by atoms with van der Waals surface area (Å²) in [6.45, 7) is 2.23. The average Bonchev–Trinajstić information content (AvgIpc) is 2.38. The number of carbonyl (C=O) groups excluding carboxylic acids is 2. The predicted octanol–water partition coefficient (Wildman–Crippen LogP) is 0.947. The molecule has 6 nitrogen and oxygen atoms in total. The molecule has 0 aromatic carbocycles. The van der Waals surface area contributed by atoms with E-state index in [0.717, 1.165) is 12.8 Å². The molecule has 0 bridgehead atoms. The Hall–Kier alpha value is -1.59. The van der Waals surface area contributed by atoms with Crippen molar-refractivity contribution in [2.24, 2.45) is 11.8 Å². The first-order valence-corrected chi connectivity index (χ1v) is 6.72. The first-order chi connectivity index (χ1) is 9.06. The molecule has 1 aliphatic carbocycles. The first-order valence-electron chi connectivity index (χ1n) is 6.72. The molecule has 2 N–H and O–H groups in total. The first kappa shape index (κ1) is 15.5. The van der Waals surface area contributed by atoms with E-state index in [1.54, 1.807) is 6.92 Å². The van der Waals surface area contributed by atoms with E-state index >= 15 is 0 Å². The summed E-state index contributed by atoms with van der Waals surface area (Å²) in [5.41, 5.74) is 0. The molecule has 1 rings (SSSR count). The zero-order chi connectivity index (χ0) is 14.3. The number of amides is 1. The van der Waals surface area contributed by atoms with Crippen LogP contribution in [0.4, 0.5) is 0 Å². The highest BCUT2D eigenvalue weighted by atomic mass is 16.5. The molecule has 19 heavy (non-hydrogen) atoms. The molecular weight excluding hydrogens is 250 g/mol. The van der Waals surface area contributed by atoms with Gasteiger partial charge in [0.25, 0.3) is 0 Å². The van der Waals surface area contributed by atoms with Gasteiger partial charge in [0.1, 0.15) is 0 Å². The third-order valence-electron chi connectivity index (χ3n) is 3.35. The minimum atomic E-state index is -0.912. The second-order valence-corrected chi connectivity index (χ2v) is 4.68. The smallest absolute Gasteiger partial charge is 0.307 e. The number of aliphatic carboxylic acids is 1. The van der Waals surface area contributed by atoms with Crippen molar-refractivity contribution in [3.8, 4) is 0 Å². The number of carbonyl (C=O) groups is 3. The monoisotopic (exact) mass is 271 g/mol. The Bertz CT molecular complexity index is 342. The minimum Gasteiger partial charge on any atom is -0.481 e. The van der Waals surface area contributed by atoms with E-state index in [4.69, 9.17) is 9.84 Å². The average molecular weight is 271 g/mol. The molecular formula is C13H21NO5. The van der Waals surface area contributed by atoms with Crippen LogP contribution in [0.15, 0.2) is 0 Å². The van der Waals surface area contributed by atoms with Gasteiger partial charge in [-0.2, -0.15) is 0 Å². The number of hydrogen-bond acceptors (Lipinski definition) is 4. The summed E-state index contributed by atoms with van der Waals surface area (Å²) >= 11 is 0. The Balaban J connectivity index is 2.38. The fourth-order valence-electron chi connectivity index (χ4n) is 2.39. The third kappa shape index (κ3) is 4.89. The topological polar surface area (TPSA) is 92.7 Å². The van der Waals surface area contributed by atoms with Crippen LogP contribution >= 0.6 is 0 Å². The maximum absolute atomic E-state index is 11.9. The normalized spacial score (nSPS) is 22.6. The molecule has 0 aromatic heterocycles. The molecule has 0 heterocycles. The van der Waals surface area contributed by atoms with Gasteiger partial charge in [-0.1, -0.05) is 12.8 Å². The second kappa shape index (κ2) is 7.76. The maximum Gasteiger partial charge on any atom is 0.307 e. The highest BCUT2D eigenvalue weighted by Crippen LogP contribution is 2.30. The van der Waals surface area contributed by atoms with E-state index in [-0.39, 0.29) is 24.8 Å². The van der Waals surface area contributed by atoms with Crippen LogP contribution in [0.1, 0.15) is 39.0 Å². The van der Waals surface area contributed by atoms with Gasteiger partial charge in [0.2, 0.25) is 5.91 Å². The van der Waals surface area contributed by atoms with Crippen LogP contribution in [-0.4, -0.2) is 36.1 Å². The predicted molar refractivity (Wildman–Crippen MR) is 67.3 cm³/mol. The Morgan fingerprint density at radius 3 is 2.42 bits per heavy atom. The van der Waals surface area contributed by atoms with Gasteiger partial charge in [0.15, 0.2) is 0 Å². The Labute approximate surface area is 112 Å². The molecule has 1 fully saturated rings. The maximum atomic E-state index is 11.9. The summed E-state index contributed by atoms with van der Waals surface area (Å²) in [4.78, 5) is 34.1. The van der Waals surface area contributed by atoms with Crippen molar-refractivity contribution in [3.05, 3.63) is 0 Å². The summed E-state index contributed by atoms with van der Waals surface area (Å²) in [6.07, 6.45) is 2.99. The van der Waals surface area contributed by atoms with Crippen molar-refractivity contribution < 1.29 is 24.2 Å². The zero-order valence-electron chi connectivity index (χ0n) is 11.2.